The van der Waals surface area contributed by atoms with Crippen LogP contribution in [-0.4, -0.2) is 12.7 Å². The first-order valence-corrected chi connectivity index (χ1v) is 5.90. The quantitative estimate of drug-likeness (QED) is 0.809. The summed E-state index contributed by atoms with van der Waals surface area (Å²) in [6.07, 6.45) is -0.325. The molecule has 17 heavy (non-hydrogen) atoms. The molecule has 0 saturated carbocycles. The Morgan fingerprint density at radius 1 is 1.35 bits per heavy atom. The van der Waals surface area contributed by atoms with Crippen molar-refractivity contribution < 1.29 is 9.53 Å². The number of rotatable bonds is 1. The standard InChI is InChI=1S/C14H19NO2/c1-9-5-6-11(10(2)7-9)12-14(3,4)8-17-13(16)15-12/h5-7,12H,8H2,1-4H3,(H,15,16)/t12-/m1/s1. The van der Waals surface area contributed by atoms with E-state index in [1.807, 2.05) is 0 Å². The van der Waals surface area contributed by atoms with Crippen LogP contribution in [-0.2, 0) is 4.74 Å². The number of amides is 1. The van der Waals surface area contributed by atoms with Gasteiger partial charge in [-0.2, -0.15) is 0 Å². The van der Waals surface area contributed by atoms with Crippen LogP contribution in [0.25, 0.3) is 0 Å². The number of aryl methyl sites for hydroxylation is 2. The highest BCUT2D eigenvalue weighted by Crippen LogP contribution is 2.37. The Hall–Kier alpha value is -1.51. The van der Waals surface area contributed by atoms with Crippen LogP contribution >= 0.6 is 0 Å². The lowest BCUT2D eigenvalue weighted by molar-refractivity contribution is 0.0386. The van der Waals surface area contributed by atoms with Gasteiger partial charge in [0.05, 0.1) is 6.04 Å². The second-order valence-electron chi connectivity index (χ2n) is 5.50. The normalized spacial score (nSPS) is 22.8. The number of nitrogens with one attached hydrogen (secondary N) is 1. The first-order valence-electron chi connectivity index (χ1n) is 5.90. The first kappa shape index (κ1) is 12.0. The third-order valence-corrected chi connectivity index (χ3v) is 3.36. The molecule has 1 saturated heterocycles. The largest absolute Gasteiger partial charge is 0.449 e. The summed E-state index contributed by atoms with van der Waals surface area (Å²) < 4.78 is 5.06. The maximum atomic E-state index is 11.4. The molecule has 92 valence electrons. The fourth-order valence-corrected chi connectivity index (χ4v) is 2.34. The second kappa shape index (κ2) is 4.06. The van der Waals surface area contributed by atoms with E-state index in [4.69, 9.17) is 4.74 Å². The highest BCUT2D eigenvalue weighted by Gasteiger charge is 2.38. The van der Waals surface area contributed by atoms with Crippen LogP contribution in [0.15, 0.2) is 18.2 Å². The van der Waals surface area contributed by atoms with E-state index in [0.29, 0.717) is 6.61 Å². The van der Waals surface area contributed by atoms with Crippen molar-refractivity contribution in [3.63, 3.8) is 0 Å². The fourth-order valence-electron chi connectivity index (χ4n) is 2.34. The molecule has 1 fully saturated rings. The summed E-state index contributed by atoms with van der Waals surface area (Å²) in [5.41, 5.74) is 3.54. The number of carbonyl (C=O) groups excluding carboxylic acids is 1. The van der Waals surface area contributed by atoms with Crippen molar-refractivity contribution in [1.29, 1.82) is 0 Å². The molecule has 1 aromatic rings. The average Bonchev–Trinajstić information content (AvgIpc) is 2.23. The van der Waals surface area contributed by atoms with Crippen LogP contribution in [0.4, 0.5) is 4.79 Å². The van der Waals surface area contributed by atoms with E-state index in [2.05, 4.69) is 51.2 Å². The van der Waals surface area contributed by atoms with Crippen LogP contribution in [0.2, 0.25) is 0 Å². The van der Waals surface area contributed by atoms with E-state index in [1.165, 1.54) is 16.7 Å². The SMILES string of the molecule is Cc1ccc([C@H]2NC(=O)OCC2(C)C)c(C)c1. The van der Waals surface area contributed by atoms with E-state index in [1.54, 1.807) is 0 Å². The van der Waals surface area contributed by atoms with Crippen molar-refractivity contribution >= 4 is 6.09 Å². The molecule has 3 nitrogen and oxygen atoms in total. The molecule has 2 rings (SSSR count). The third kappa shape index (κ3) is 2.28. The highest BCUT2D eigenvalue weighted by atomic mass is 16.6. The summed E-state index contributed by atoms with van der Waals surface area (Å²) >= 11 is 0. The minimum absolute atomic E-state index is 0.0179. The Balaban J connectivity index is 2.39. The Morgan fingerprint density at radius 3 is 2.71 bits per heavy atom. The molecule has 1 N–H and O–H groups in total. The minimum atomic E-state index is -0.325. The smallest absolute Gasteiger partial charge is 0.407 e. The van der Waals surface area contributed by atoms with Crippen LogP contribution < -0.4 is 5.32 Å². The van der Waals surface area contributed by atoms with Gasteiger partial charge in [0.15, 0.2) is 0 Å². The zero-order valence-corrected chi connectivity index (χ0v) is 10.8. The molecule has 3 heteroatoms. The number of benzene rings is 1. The van der Waals surface area contributed by atoms with E-state index in [0.717, 1.165) is 0 Å². The first-order chi connectivity index (χ1) is 7.90. The second-order valence-corrected chi connectivity index (χ2v) is 5.50. The zero-order valence-electron chi connectivity index (χ0n) is 10.8. The van der Waals surface area contributed by atoms with Crippen molar-refractivity contribution in [2.45, 2.75) is 33.7 Å². The number of hydrogen-bond acceptors (Lipinski definition) is 2. The Morgan fingerprint density at radius 2 is 2.06 bits per heavy atom. The van der Waals surface area contributed by atoms with Gasteiger partial charge in [-0.15, -0.1) is 0 Å². The van der Waals surface area contributed by atoms with Crippen molar-refractivity contribution in [2.24, 2.45) is 5.41 Å². The van der Waals surface area contributed by atoms with Crippen molar-refractivity contribution in [3.05, 3.63) is 34.9 Å². The number of ether oxygens (including phenoxy) is 1. The molecule has 1 atom stereocenters. The number of hydrogen-bond donors (Lipinski definition) is 1. The minimum Gasteiger partial charge on any atom is -0.449 e. The summed E-state index contributed by atoms with van der Waals surface area (Å²) in [6.45, 7) is 8.83. The molecule has 1 aliphatic rings. The van der Waals surface area contributed by atoms with Gasteiger partial charge in [0.25, 0.3) is 0 Å². The van der Waals surface area contributed by atoms with Gasteiger partial charge in [-0.05, 0) is 25.0 Å². The summed E-state index contributed by atoms with van der Waals surface area (Å²) in [6, 6.07) is 6.35. The summed E-state index contributed by atoms with van der Waals surface area (Å²) in [5, 5.41) is 2.92. The summed E-state index contributed by atoms with van der Waals surface area (Å²) in [7, 11) is 0. The van der Waals surface area contributed by atoms with Gasteiger partial charge in [-0.1, -0.05) is 37.6 Å². The number of cyclic esters (lactones) is 1. The number of alkyl carbamates (subject to hydrolysis) is 1. The lowest BCUT2D eigenvalue weighted by Crippen LogP contribution is -2.47. The van der Waals surface area contributed by atoms with E-state index < -0.39 is 0 Å². The summed E-state index contributed by atoms with van der Waals surface area (Å²) in [4.78, 5) is 11.4. The average molecular weight is 233 g/mol. The predicted octanol–water partition coefficient (Wildman–Crippen LogP) is 3.11. The van der Waals surface area contributed by atoms with Crippen molar-refractivity contribution in [2.75, 3.05) is 6.61 Å². The molecule has 1 aliphatic heterocycles. The molecule has 0 unspecified atom stereocenters. The molecule has 1 heterocycles. The lowest BCUT2D eigenvalue weighted by Gasteiger charge is -2.39. The highest BCUT2D eigenvalue weighted by molar-refractivity contribution is 5.69. The van der Waals surface area contributed by atoms with Gasteiger partial charge in [-0.3, -0.25) is 0 Å². The zero-order chi connectivity index (χ0) is 12.6. The van der Waals surface area contributed by atoms with Gasteiger partial charge >= 0.3 is 6.09 Å². The molecule has 0 aliphatic carbocycles. The summed E-state index contributed by atoms with van der Waals surface area (Å²) in [5.74, 6) is 0. The Bertz CT molecular complexity index is 452. The molecular formula is C14H19NO2. The Kier molecular flexibility index (Phi) is 2.86. The molecule has 1 aromatic carbocycles. The number of carbonyl (C=O) groups is 1. The molecule has 1 amide bonds. The van der Waals surface area contributed by atoms with Gasteiger partial charge in [-0.25, -0.2) is 4.79 Å². The maximum Gasteiger partial charge on any atom is 0.407 e. The van der Waals surface area contributed by atoms with Crippen molar-refractivity contribution in [1.82, 2.24) is 5.32 Å². The Labute approximate surface area is 102 Å². The van der Waals surface area contributed by atoms with Crippen LogP contribution in [0.3, 0.4) is 0 Å². The van der Waals surface area contributed by atoms with Crippen molar-refractivity contribution in [3.8, 4) is 0 Å². The van der Waals surface area contributed by atoms with Gasteiger partial charge in [0, 0.05) is 5.41 Å². The van der Waals surface area contributed by atoms with E-state index in [-0.39, 0.29) is 17.6 Å². The molecule has 0 spiro atoms. The molecule has 0 bridgehead atoms. The fraction of sp³-hybridized carbons (Fsp3) is 0.500. The van der Waals surface area contributed by atoms with Gasteiger partial charge < -0.3 is 10.1 Å². The lowest BCUT2D eigenvalue weighted by atomic mass is 9.79. The van der Waals surface area contributed by atoms with Crippen LogP contribution in [0.5, 0.6) is 0 Å². The van der Waals surface area contributed by atoms with Gasteiger partial charge in [0.1, 0.15) is 6.61 Å². The third-order valence-electron chi connectivity index (χ3n) is 3.36. The van der Waals surface area contributed by atoms with Gasteiger partial charge in [0.2, 0.25) is 0 Å². The predicted molar refractivity (Wildman–Crippen MR) is 66.9 cm³/mol. The molecule has 0 radical (unpaired) electrons. The topological polar surface area (TPSA) is 38.3 Å². The molecular weight excluding hydrogens is 214 g/mol. The van der Waals surface area contributed by atoms with Crippen LogP contribution in [0, 0.1) is 19.3 Å². The maximum absolute atomic E-state index is 11.4. The van der Waals surface area contributed by atoms with E-state index >= 15 is 0 Å². The van der Waals surface area contributed by atoms with Crippen LogP contribution in [0.1, 0.15) is 36.6 Å². The monoisotopic (exact) mass is 233 g/mol. The van der Waals surface area contributed by atoms with E-state index in [9.17, 15) is 4.79 Å². The molecule has 0 aromatic heterocycles.